The summed E-state index contributed by atoms with van der Waals surface area (Å²) < 4.78 is 10.3. The molecule has 0 N–H and O–H groups in total. The number of benzene rings is 1. The molecule has 0 saturated carbocycles. The zero-order valence-corrected chi connectivity index (χ0v) is 16.7. The molecule has 3 rings (SSSR count). The quantitative estimate of drug-likeness (QED) is 0.442. The van der Waals surface area contributed by atoms with Gasteiger partial charge in [-0.25, -0.2) is 9.78 Å². The highest BCUT2D eigenvalue weighted by Crippen LogP contribution is 2.30. The summed E-state index contributed by atoms with van der Waals surface area (Å²) in [5, 5.41) is 2.31. The number of anilines is 2. The van der Waals surface area contributed by atoms with Crippen LogP contribution >= 0.6 is 11.3 Å². The van der Waals surface area contributed by atoms with Crippen molar-refractivity contribution in [3.63, 3.8) is 0 Å². The lowest BCUT2D eigenvalue weighted by Crippen LogP contribution is -2.22. The van der Waals surface area contributed by atoms with E-state index in [1.54, 1.807) is 22.4 Å². The Hall–Kier alpha value is -3.19. The van der Waals surface area contributed by atoms with Gasteiger partial charge in [-0.1, -0.05) is 6.07 Å². The van der Waals surface area contributed by atoms with Crippen molar-refractivity contribution in [3.05, 3.63) is 70.6 Å². The highest BCUT2D eigenvalue weighted by atomic mass is 32.1. The molecule has 1 aromatic carbocycles. The van der Waals surface area contributed by atoms with Crippen LogP contribution in [0.4, 0.5) is 10.8 Å². The molecule has 28 heavy (non-hydrogen) atoms. The Labute approximate surface area is 167 Å². The van der Waals surface area contributed by atoms with Gasteiger partial charge in [0.25, 0.3) is 0 Å². The molecule has 0 fully saturated rings. The lowest BCUT2D eigenvalue weighted by molar-refractivity contribution is -0.139. The normalized spacial score (nSPS) is 11.0. The van der Waals surface area contributed by atoms with Crippen molar-refractivity contribution in [3.8, 4) is 0 Å². The fraction of sp³-hybridized carbons (Fsp3) is 0.190. The highest BCUT2D eigenvalue weighted by molar-refractivity contribution is 7.14. The highest BCUT2D eigenvalue weighted by Gasteiger charge is 2.18. The SMILES string of the molecule is CC(=O)N(c1ccc(C)c(C)c1)c1nc(COC(=O)/C=C/c2ccco2)cs1. The third kappa shape index (κ3) is 4.75. The average Bonchev–Trinajstić information content (AvgIpc) is 3.33. The number of carbonyl (C=O) groups is 2. The summed E-state index contributed by atoms with van der Waals surface area (Å²) in [6, 6.07) is 9.29. The third-order valence-corrected chi connectivity index (χ3v) is 4.96. The minimum Gasteiger partial charge on any atom is -0.465 e. The second kappa shape index (κ2) is 8.67. The monoisotopic (exact) mass is 396 g/mol. The van der Waals surface area contributed by atoms with Crippen molar-refractivity contribution >= 4 is 40.1 Å². The van der Waals surface area contributed by atoms with Gasteiger partial charge < -0.3 is 9.15 Å². The Morgan fingerprint density at radius 3 is 2.75 bits per heavy atom. The summed E-state index contributed by atoms with van der Waals surface area (Å²) in [4.78, 5) is 30.0. The number of thiazole rings is 1. The molecule has 7 heteroatoms. The zero-order valence-electron chi connectivity index (χ0n) is 15.8. The first-order valence-corrected chi connectivity index (χ1v) is 9.52. The van der Waals surface area contributed by atoms with Crippen molar-refractivity contribution in [1.29, 1.82) is 0 Å². The molecule has 0 saturated heterocycles. The predicted molar refractivity (Wildman–Crippen MR) is 108 cm³/mol. The first-order valence-electron chi connectivity index (χ1n) is 8.65. The molecule has 0 bridgehead atoms. The Morgan fingerprint density at radius 2 is 2.07 bits per heavy atom. The van der Waals surface area contributed by atoms with Crippen LogP contribution in [0.2, 0.25) is 0 Å². The first-order chi connectivity index (χ1) is 13.4. The van der Waals surface area contributed by atoms with E-state index in [1.165, 1.54) is 36.7 Å². The van der Waals surface area contributed by atoms with E-state index in [0.29, 0.717) is 16.6 Å². The molecule has 3 aromatic rings. The number of aromatic nitrogens is 1. The van der Waals surface area contributed by atoms with Gasteiger partial charge in [-0.05, 0) is 55.3 Å². The third-order valence-electron chi connectivity index (χ3n) is 4.08. The number of amides is 1. The van der Waals surface area contributed by atoms with E-state index in [1.807, 2.05) is 32.0 Å². The van der Waals surface area contributed by atoms with E-state index in [0.717, 1.165) is 16.8 Å². The number of esters is 1. The van der Waals surface area contributed by atoms with Crippen molar-refractivity contribution in [1.82, 2.24) is 4.98 Å². The number of ether oxygens (including phenoxy) is 1. The Balaban J connectivity index is 1.68. The summed E-state index contributed by atoms with van der Waals surface area (Å²) in [5.41, 5.74) is 3.59. The van der Waals surface area contributed by atoms with E-state index < -0.39 is 5.97 Å². The van der Waals surface area contributed by atoms with Crippen LogP contribution in [0.1, 0.15) is 29.5 Å². The van der Waals surface area contributed by atoms with Gasteiger partial charge in [0, 0.05) is 18.4 Å². The number of nitrogens with zero attached hydrogens (tertiary/aromatic N) is 2. The zero-order chi connectivity index (χ0) is 20.1. The molecule has 0 atom stereocenters. The first kappa shape index (κ1) is 19.6. The van der Waals surface area contributed by atoms with Crippen molar-refractivity contribution < 1.29 is 18.7 Å². The van der Waals surface area contributed by atoms with Gasteiger partial charge in [-0.3, -0.25) is 9.69 Å². The molecule has 144 valence electrons. The summed E-state index contributed by atoms with van der Waals surface area (Å²) in [7, 11) is 0. The maximum atomic E-state index is 12.2. The molecule has 6 nitrogen and oxygen atoms in total. The predicted octanol–water partition coefficient (Wildman–Crippen LogP) is 4.79. The molecule has 0 radical (unpaired) electrons. The van der Waals surface area contributed by atoms with Crippen LogP contribution in [0.3, 0.4) is 0 Å². The molecule has 2 heterocycles. The fourth-order valence-electron chi connectivity index (χ4n) is 2.49. The minimum atomic E-state index is -0.497. The van der Waals surface area contributed by atoms with Crippen molar-refractivity contribution in [2.24, 2.45) is 0 Å². The molecule has 0 aliphatic heterocycles. The van der Waals surface area contributed by atoms with E-state index in [4.69, 9.17) is 9.15 Å². The largest absolute Gasteiger partial charge is 0.465 e. The second-order valence-corrected chi connectivity index (χ2v) is 7.04. The van der Waals surface area contributed by atoms with Gasteiger partial charge in [-0.15, -0.1) is 11.3 Å². The fourth-order valence-corrected chi connectivity index (χ4v) is 3.36. The molecule has 0 unspecified atom stereocenters. The lowest BCUT2D eigenvalue weighted by Gasteiger charge is -2.19. The number of aryl methyl sites for hydroxylation is 2. The van der Waals surface area contributed by atoms with Crippen molar-refractivity contribution in [2.75, 3.05) is 4.90 Å². The van der Waals surface area contributed by atoms with E-state index in [2.05, 4.69) is 4.98 Å². The van der Waals surface area contributed by atoms with Crippen LogP contribution in [-0.4, -0.2) is 16.9 Å². The number of rotatable bonds is 6. The van der Waals surface area contributed by atoms with Crippen molar-refractivity contribution in [2.45, 2.75) is 27.4 Å². The van der Waals surface area contributed by atoms with Crippen LogP contribution in [-0.2, 0) is 20.9 Å². The van der Waals surface area contributed by atoms with Crippen LogP contribution in [0.25, 0.3) is 6.08 Å². The minimum absolute atomic E-state index is 0.0243. The number of furan rings is 1. The van der Waals surface area contributed by atoms with E-state index in [-0.39, 0.29) is 12.5 Å². The van der Waals surface area contributed by atoms with Crippen LogP contribution in [0.15, 0.2) is 52.5 Å². The second-order valence-electron chi connectivity index (χ2n) is 6.20. The summed E-state index contributed by atoms with van der Waals surface area (Å²) >= 11 is 1.32. The van der Waals surface area contributed by atoms with E-state index >= 15 is 0 Å². The molecular formula is C21H20N2O4S. The molecule has 2 aromatic heterocycles. The van der Waals surface area contributed by atoms with Gasteiger partial charge in [0.1, 0.15) is 12.4 Å². The topological polar surface area (TPSA) is 72.6 Å². The maximum absolute atomic E-state index is 12.2. The summed E-state index contributed by atoms with van der Waals surface area (Å²) in [6.07, 6.45) is 4.35. The number of carbonyl (C=O) groups excluding carboxylic acids is 2. The molecular weight excluding hydrogens is 376 g/mol. The summed E-state index contributed by atoms with van der Waals surface area (Å²) in [6.45, 7) is 5.54. The van der Waals surface area contributed by atoms with Gasteiger partial charge >= 0.3 is 5.97 Å². The number of hydrogen-bond acceptors (Lipinski definition) is 6. The number of hydrogen-bond donors (Lipinski definition) is 0. The average molecular weight is 396 g/mol. The molecule has 0 spiro atoms. The van der Waals surface area contributed by atoms with Gasteiger partial charge in [0.15, 0.2) is 5.13 Å². The Kier molecular flexibility index (Phi) is 6.06. The van der Waals surface area contributed by atoms with E-state index in [9.17, 15) is 9.59 Å². The lowest BCUT2D eigenvalue weighted by atomic mass is 10.1. The van der Waals surface area contributed by atoms with Gasteiger partial charge in [0.2, 0.25) is 5.91 Å². The summed E-state index contributed by atoms with van der Waals surface area (Å²) in [5.74, 6) is -0.0653. The van der Waals surface area contributed by atoms with Crippen LogP contribution in [0.5, 0.6) is 0 Å². The maximum Gasteiger partial charge on any atom is 0.331 e. The van der Waals surface area contributed by atoms with Gasteiger partial charge in [0.05, 0.1) is 17.6 Å². The molecule has 0 aliphatic carbocycles. The van der Waals surface area contributed by atoms with Gasteiger partial charge in [-0.2, -0.15) is 0 Å². The molecule has 1 amide bonds. The Bertz CT molecular complexity index is 1010. The molecule has 0 aliphatic rings. The Morgan fingerprint density at radius 1 is 1.25 bits per heavy atom. The van der Waals surface area contributed by atoms with Crippen LogP contribution in [0, 0.1) is 13.8 Å². The smallest absolute Gasteiger partial charge is 0.331 e. The standard InChI is InChI=1S/C21H20N2O4S/c1-14-6-7-18(11-15(14)2)23(16(3)24)21-22-17(13-28-21)12-27-20(25)9-8-19-5-4-10-26-19/h4-11,13H,12H2,1-3H3/b9-8+. The van der Waals surface area contributed by atoms with Crippen LogP contribution < -0.4 is 4.90 Å².